The Morgan fingerprint density at radius 2 is 2.18 bits per heavy atom. The lowest BCUT2D eigenvalue weighted by molar-refractivity contribution is -0.144. The molecule has 6 heteroatoms. The second-order valence-corrected chi connectivity index (χ2v) is 5.27. The second-order valence-electron chi connectivity index (χ2n) is 4.49. The van der Waals surface area contributed by atoms with Gasteiger partial charge in [0.1, 0.15) is 6.61 Å². The van der Waals surface area contributed by atoms with Crippen LogP contribution in [0.3, 0.4) is 0 Å². The van der Waals surface area contributed by atoms with Gasteiger partial charge in [-0.1, -0.05) is 12.1 Å². The number of nitrogens with one attached hydrogen (secondary N) is 1. The number of nitriles is 1. The number of ether oxygens (including phenoxy) is 1. The van der Waals surface area contributed by atoms with Crippen molar-refractivity contribution < 1.29 is 14.3 Å². The first-order chi connectivity index (χ1) is 10.7. The summed E-state index contributed by atoms with van der Waals surface area (Å²) in [5, 5.41) is 15.0. The summed E-state index contributed by atoms with van der Waals surface area (Å²) in [4.78, 5) is 23.3. The number of esters is 1. The van der Waals surface area contributed by atoms with Crippen LogP contribution in [0.1, 0.15) is 27.9 Å². The molecule has 0 aliphatic rings. The van der Waals surface area contributed by atoms with Crippen molar-refractivity contribution in [2.24, 2.45) is 0 Å². The monoisotopic (exact) mass is 314 g/mol. The van der Waals surface area contributed by atoms with Gasteiger partial charge < -0.3 is 10.1 Å². The third-order valence-electron chi connectivity index (χ3n) is 2.85. The summed E-state index contributed by atoms with van der Waals surface area (Å²) in [5.74, 6) is -0.594. The number of thiophene rings is 1. The molecule has 0 saturated carbocycles. The number of benzene rings is 1. The quantitative estimate of drug-likeness (QED) is 0.831. The maximum absolute atomic E-state index is 11.6. The van der Waals surface area contributed by atoms with Crippen LogP contribution in [-0.4, -0.2) is 18.4 Å². The first-order valence-corrected chi connectivity index (χ1v) is 7.58. The number of hydrogen-bond donors (Lipinski definition) is 1. The fourth-order valence-electron chi connectivity index (χ4n) is 1.74. The molecule has 0 aliphatic carbocycles. The summed E-state index contributed by atoms with van der Waals surface area (Å²) < 4.78 is 5.10. The largest absolute Gasteiger partial charge is 0.461 e. The number of carbonyl (C=O) groups excluding carboxylic acids is 2. The van der Waals surface area contributed by atoms with Crippen molar-refractivity contribution in [3.63, 3.8) is 0 Å². The molecule has 0 spiro atoms. The summed E-state index contributed by atoms with van der Waals surface area (Å²) >= 11 is 1.44. The molecule has 0 fully saturated rings. The van der Waals surface area contributed by atoms with E-state index >= 15 is 0 Å². The number of nitrogens with zero attached hydrogens (tertiary/aromatic N) is 1. The van der Waals surface area contributed by atoms with Gasteiger partial charge in [0, 0.05) is 17.5 Å². The SMILES string of the molecule is N#Cc1cccc(COC(=O)CCNC(=O)c2ccsc2)c1. The zero-order chi connectivity index (χ0) is 15.8. The average Bonchev–Trinajstić information content (AvgIpc) is 3.07. The van der Waals surface area contributed by atoms with Gasteiger partial charge in [-0.15, -0.1) is 0 Å². The zero-order valence-electron chi connectivity index (χ0n) is 11.7. The Kier molecular flexibility index (Phi) is 5.69. The molecule has 1 aromatic carbocycles. The molecule has 2 aromatic rings. The lowest BCUT2D eigenvalue weighted by Crippen LogP contribution is -2.26. The molecule has 0 unspecified atom stereocenters. The third kappa shape index (κ3) is 4.72. The molecule has 0 saturated heterocycles. The van der Waals surface area contributed by atoms with Gasteiger partial charge >= 0.3 is 5.97 Å². The van der Waals surface area contributed by atoms with Crippen molar-refractivity contribution in [1.82, 2.24) is 5.32 Å². The summed E-state index contributed by atoms with van der Waals surface area (Å²) in [6.07, 6.45) is 0.105. The van der Waals surface area contributed by atoms with Crippen molar-refractivity contribution in [3.8, 4) is 6.07 Å². The first kappa shape index (κ1) is 15.7. The Hall–Kier alpha value is -2.65. The van der Waals surface area contributed by atoms with Crippen molar-refractivity contribution >= 4 is 23.2 Å². The van der Waals surface area contributed by atoms with Crippen LogP contribution in [0.25, 0.3) is 0 Å². The van der Waals surface area contributed by atoms with Gasteiger partial charge in [-0.05, 0) is 29.1 Å². The molecule has 112 valence electrons. The summed E-state index contributed by atoms with van der Waals surface area (Å²) in [5.41, 5.74) is 1.87. The number of carbonyl (C=O) groups is 2. The molecule has 0 radical (unpaired) electrons. The maximum atomic E-state index is 11.6. The van der Waals surface area contributed by atoms with Crippen LogP contribution in [0.4, 0.5) is 0 Å². The van der Waals surface area contributed by atoms with E-state index in [-0.39, 0.29) is 25.5 Å². The van der Waals surface area contributed by atoms with Gasteiger partial charge in [-0.25, -0.2) is 0 Å². The smallest absolute Gasteiger partial charge is 0.307 e. The van der Waals surface area contributed by atoms with Crippen LogP contribution in [0.5, 0.6) is 0 Å². The van der Waals surface area contributed by atoms with E-state index in [1.54, 1.807) is 35.7 Å². The van der Waals surface area contributed by atoms with E-state index < -0.39 is 5.97 Å². The van der Waals surface area contributed by atoms with E-state index in [0.29, 0.717) is 11.1 Å². The van der Waals surface area contributed by atoms with Gasteiger partial charge in [-0.3, -0.25) is 9.59 Å². The highest BCUT2D eigenvalue weighted by Gasteiger charge is 2.08. The van der Waals surface area contributed by atoms with E-state index in [2.05, 4.69) is 5.32 Å². The average molecular weight is 314 g/mol. The molecule has 0 aliphatic heterocycles. The van der Waals surface area contributed by atoms with Crippen molar-refractivity contribution in [2.75, 3.05) is 6.54 Å². The number of rotatable bonds is 6. The van der Waals surface area contributed by atoms with E-state index in [1.165, 1.54) is 11.3 Å². The molecule has 22 heavy (non-hydrogen) atoms. The Morgan fingerprint density at radius 3 is 2.91 bits per heavy atom. The Morgan fingerprint density at radius 1 is 1.32 bits per heavy atom. The Labute approximate surface area is 132 Å². The van der Waals surface area contributed by atoms with Gasteiger partial charge in [0.15, 0.2) is 0 Å². The molecule has 2 rings (SSSR count). The van der Waals surface area contributed by atoms with Crippen LogP contribution in [-0.2, 0) is 16.1 Å². The summed E-state index contributed by atoms with van der Waals surface area (Å²) in [6, 6.07) is 10.6. The number of hydrogen-bond acceptors (Lipinski definition) is 5. The van der Waals surface area contributed by atoms with Gasteiger partial charge in [0.2, 0.25) is 0 Å². The van der Waals surface area contributed by atoms with E-state index in [4.69, 9.17) is 10.00 Å². The fraction of sp³-hybridized carbons (Fsp3) is 0.188. The first-order valence-electron chi connectivity index (χ1n) is 6.64. The Bertz CT molecular complexity index is 690. The standard InChI is InChI=1S/C16H14N2O3S/c17-9-12-2-1-3-13(8-12)10-21-15(19)4-6-18-16(20)14-5-7-22-11-14/h1-3,5,7-8,11H,4,6,10H2,(H,18,20). The third-order valence-corrected chi connectivity index (χ3v) is 3.54. The van der Waals surface area contributed by atoms with Crippen LogP contribution in [0.15, 0.2) is 41.1 Å². The predicted octanol–water partition coefficient (Wildman–Crippen LogP) is 2.48. The molecular formula is C16H14N2O3S. The molecule has 5 nitrogen and oxygen atoms in total. The maximum Gasteiger partial charge on any atom is 0.307 e. The summed E-state index contributed by atoms with van der Waals surface area (Å²) in [6.45, 7) is 0.346. The van der Waals surface area contributed by atoms with Crippen molar-refractivity contribution in [2.45, 2.75) is 13.0 Å². The van der Waals surface area contributed by atoms with E-state index in [0.717, 1.165) is 5.56 Å². The lowest BCUT2D eigenvalue weighted by Gasteiger charge is -2.06. The fourth-order valence-corrected chi connectivity index (χ4v) is 2.38. The predicted molar refractivity (Wildman–Crippen MR) is 82.2 cm³/mol. The normalized spacial score (nSPS) is 9.77. The van der Waals surface area contributed by atoms with Crippen molar-refractivity contribution in [3.05, 3.63) is 57.8 Å². The van der Waals surface area contributed by atoms with Crippen LogP contribution >= 0.6 is 11.3 Å². The minimum Gasteiger partial charge on any atom is -0.461 e. The Balaban J connectivity index is 1.70. The highest BCUT2D eigenvalue weighted by atomic mass is 32.1. The van der Waals surface area contributed by atoms with Gasteiger partial charge in [0.25, 0.3) is 5.91 Å². The van der Waals surface area contributed by atoms with Crippen LogP contribution in [0.2, 0.25) is 0 Å². The highest BCUT2D eigenvalue weighted by Crippen LogP contribution is 2.07. The van der Waals surface area contributed by atoms with Gasteiger partial charge in [-0.2, -0.15) is 16.6 Å². The minimum atomic E-state index is -0.395. The zero-order valence-corrected chi connectivity index (χ0v) is 12.6. The highest BCUT2D eigenvalue weighted by molar-refractivity contribution is 7.08. The van der Waals surface area contributed by atoms with E-state index in [9.17, 15) is 9.59 Å². The molecule has 0 atom stereocenters. The molecule has 1 amide bonds. The molecule has 1 N–H and O–H groups in total. The second kappa shape index (κ2) is 7.96. The number of amides is 1. The lowest BCUT2D eigenvalue weighted by atomic mass is 10.1. The topological polar surface area (TPSA) is 79.2 Å². The molecule has 0 bridgehead atoms. The van der Waals surface area contributed by atoms with Gasteiger partial charge in [0.05, 0.1) is 18.1 Å². The van der Waals surface area contributed by atoms with Crippen LogP contribution in [0, 0.1) is 11.3 Å². The summed E-state index contributed by atoms with van der Waals surface area (Å²) in [7, 11) is 0. The minimum absolute atomic E-state index is 0.105. The molecular weight excluding hydrogens is 300 g/mol. The molecule has 1 heterocycles. The van der Waals surface area contributed by atoms with Crippen molar-refractivity contribution in [1.29, 1.82) is 5.26 Å². The van der Waals surface area contributed by atoms with E-state index in [1.807, 2.05) is 11.4 Å². The van der Waals surface area contributed by atoms with Crippen LogP contribution < -0.4 is 5.32 Å². The molecule has 1 aromatic heterocycles.